The number of hydrogen-bond donors (Lipinski definition) is 1. The van der Waals surface area contributed by atoms with Gasteiger partial charge in [0.1, 0.15) is 5.75 Å². The van der Waals surface area contributed by atoms with Crippen molar-refractivity contribution in [2.75, 3.05) is 20.8 Å². The number of aryl methyl sites for hydroxylation is 2. The SMILES string of the molecule is CCCNC(CC(C)OC)c1c(C)cc(C)cc1OC. The van der Waals surface area contributed by atoms with Crippen LogP contribution in [0.4, 0.5) is 0 Å². The van der Waals surface area contributed by atoms with Crippen molar-refractivity contribution < 1.29 is 9.47 Å². The van der Waals surface area contributed by atoms with Crippen LogP contribution in [0.3, 0.4) is 0 Å². The normalized spacial score (nSPS) is 14.1. The van der Waals surface area contributed by atoms with Gasteiger partial charge in [-0.1, -0.05) is 13.0 Å². The van der Waals surface area contributed by atoms with Crippen LogP contribution in [0.1, 0.15) is 49.4 Å². The molecule has 0 spiro atoms. The van der Waals surface area contributed by atoms with Crippen LogP contribution in [0.2, 0.25) is 0 Å². The van der Waals surface area contributed by atoms with E-state index in [0.29, 0.717) is 0 Å². The molecule has 1 aromatic rings. The predicted octanol–water partition coefficient (Wildman–Crippen LogP) is 3.78. The quantitative estimate of drug-likeness (QED) is 0.785. The Hall–Kier alpha value is -1.06. The van der Waals surface area contributed by atoms with Crippen molar-refractivity contribution in [1.82, 2.24) is 5.32 Å². The fourth-order valence-corrected chi connectivity index (χ4v) is 2.61. The van der Waals surface area contributed by atoms with Crippen LogP contribution in [0, 0.1) is 13.8 Å². The van der Waals surface area contributed by atoms with Gasteiger partial charge in [0.15, 0.2) is 0 Å². The molecule has 114 valence electrons. The summed E-state index contributed by atoms with van der Waals surface area (Å²) in [6.07, 6.45) is 2.27. The van der Waals surface area contributed by atoms with Gasteiger partial charge in [0.2, 0.25) is 0 Å². The van der Waals surface area contributed by atoms with Gasteiger partial charge in [-0.15, -0.1) is 0 Å². The van der Waals surface area contributed by atoms with Crippen LogP contribution in [-0.2, 0) is 4.74 Å². The second-order valence-electron chi connectivity index (χ2n) is 5.49. The second-order valence-corrected chi connectivity index (χ2v) is 5.49. The molecule has 0 fully saturated rings. The van der Waals surface area contributed by atoms with Crippen molar-refractivity contribution in [3.05, 3.63) is 28.8 Å². The zero-order chi connectivity index (χ0) is 15.1. The Kier molecular flexibility index (Phi) is 7.03. The van der Waals surface area contributed by atoms with E-state index in [9.17, 15) is 0 Å². The summed E-state index contributed by atoms with van der Waals surface area (Å²) in [7, 11) is 3.51. The second kappa shape index (κ2) is 8.28. The highest BCUT2D eigenvalue weighted by Gasteiger charge is 2.20. The predicted molar refractivity (Wildman–Crippen MR) is 84.6 cm³/mol. The molecule has 1 N–H and O–H groups in total. The largest absolute Gasteiger partial charge is 0.496 e. The molecule has 20 heavy (non-hydrogen) atoms. The highest BCUT2D eigenvalue weighted by atomic mass is 16.5. The number of nitrogens with one attached hydrogen (secondary N) is 1. The number of ether oxygens (including phenoxy) is 2. The topological polar surface area (TPSA) is 30.5 Å². The first kappa shape index (κ1) is 17.0. The third kappa shape index (κ3) is 4.50. The van der Waals surface area contributed by atoms with E-state index in [1.807, 2.05) is 0 Å². The zero-order valence-corrected chi connectivity index (χ0v) is 13.7. The molecule has 0 radical (unpaired) electrons. The van der Waals surface area contributed by atoms with Crippen molar-refractivity contribution in [2.24, 2.45) is 0 Å². The Balaban J connectivity index is 3.11. The van der Waals surface area contributed by atoms with Crippen molar-refractivity contribution in [2.45, 2.75) is 52.7 Å². The molecule has 0 saturated heterocycles. The van der Waals surface area contributed by atoms with Gasteiger partial charge in [-0.25, -0.2) is 0 Å². The van der Waals surface area contributed by atoms with Crippen LogP contribution in [0.5, 0.6) is 5.75 Å². The van der Waals surface area contributed by atoms with E-state index in [1.165, 1.54) is 16.7 Å². The van der Waals surface area contributed by atoms with Gasteiger partial charge < -0.3 is 14.8 Å². The zero-order valence-electron chi connectivity index (χ0n) is 13.7. The fraction of sp³-hybridized carbons (Fsp3) is 0.647. The third-order valence-corrected chi connectivity index (χ3v) is 3.67. The van der Waals surface area contributed by atoms with Gasteiger partial charge in [-0.2, -0.15) is 0 Å². The molecule has 0 aromatic heterocycles. The van der Waals surface area contributed by atoms with Gasteiger partial charge >= 0.3 is 0 Å². The molecule has 2 atom stereocenters. The molecule has 1 aromatic carbocycles. The van der Waals surface area contributed by atoms with E-state index in [0.717, 1.165) is 25.1 Å². The smallest absolute Gasteiger partial charge is 0.124 e. The van der Waals surface area contributed by atoms with Gasteiger partial charge in [0.25, 0.3) is 0 Å². The molecule has 2 unspecified atom stereocenters. The maximum atomic E-state index is 5.60. The summed E-state index contributed by atoms with van der Waals surface area (Å²) in [6, 6.07) is 4.59. The minimum absolute atomic E-state index is 0.217. The maximum absolute atomic E-state index is 5.60. The van der Waals surface area contributed by atoms with Gasteiger partial charge in [0.05, 0.1) is 13.2 Å². The van der Waals surface area contributed by atoms with E-state index < -0.39 is 0 Å². The summed E-state index contributed by atoms with van der Waals surface area (Å²) in [5.74, 6) is 0.972. The van der Waals surface area contributed by atoms with Crippen LogP contribution in [0.25, 0.3) is 0 Å². The minimum atomic E-state index is 0.217. The molecular formula is C17H29NO2. The van der Waals surface area contributed by atoms with Crippen LogP contribution < -0.4 is 10.1 Å². The first-order valence-corrected chi connectivity index (χ1v) is 7.44. The van der Waals surface area contributed by atoms with Gasteiger partial charge in [-0.3, -0.25) is 0 Å². The summed E-state index contributed by atoms with van der Waals surface area (Å²) in [5.41, 5.74) is 3.77. The van der Waals surface area contributed by atoms with E-state index in [4.69, 9.17) is 9.47 Å². The molecule has 0 aliphatic heterocycles. The molecule has 0 saturated carbocycles. The average molecular weight is 279 g/mol. The van der Waals surface area contributed by atoms with Crippen molar-refractivity contribution in [1.29, 1.82) is 0 Å². The number of rotatable bonds is 8. The lowest BCUT2D eigenvalue weighted by Gasteiger charge is -2.26. The number of benzene rings is 1. The molecule has 0 aliphatic rings. The van der Waals surface area contributed by atoms with E-state index in [-0.39, 0.29) is 12.1 Å². The highest BCUT2D eigenvalue weighted by Crippen LogP contribution is 2.32. The van der Waals surface area contributed by atoms with Crippen LogP contribution in [0.15, 0.2) is 12.1 Å². The Labute approximate surface area is 123 Å². The molecule has 3 nitrogen and oxygen atoms in total. The Morgan fingerprint density at radius 3 is 2.45 bits per heavy atom. The lowest BCUT2D eigenvalue weighted by atomic mass is 9.94. The van der Waals surface area contributed by atoms with Crippen molar-refractivity contribution in [3.8, 4) is 5.75 Å². The summed E-state index contributed by atoms with van der Waals surface area (Å²) < 4.78 is 11.0. The fourth-order valence-electron chi connectivity index (χ4n) is 2.61. The first-order chi connectivity index (χ1) is 9.53. The Morgan fingerprint density at radius 2 is 1.90 bits per heavy atom. The molecule has 0 aliphatic carbocycles. The Morgan fingerprint density at radius 1 is 1.20 bits per heavy atom. The molecule has 0 bridgehead atoms. The Bertz CT molecular complexity index is 418. The van der Waals surface area contributed by atoms with Gasteiger partial charge in [0, 0.05) is 18.7 Å². The molecule has 3 heteroatoms. The van der Waals surface area contributed by atoms with Gasteiger partial charge in [-0.05, 0) is 57.4 Å². The van der Waals surface area contributed by atoms with E-state index in [2.05, 4.69) is 45.1 Å². The van der Waals surface area contributed by atoms with Crippen molar-refractivity contribution >= 4 is 0 Å². The molecule has 0 heterocycles. The summed E-state index contributed by atoms with van der Waals surface area (Å²) in [6.45, 7) is 9.55. The van der Waals surface area contributed by atoms with Crippen LogP contribution in [-0.4, -0.2) is 26.9 Å². The van der Waals surface area contributed by atoms with Crippen molar-refractivity contribution in [3.63, 3.8) is 0 Å². The highest BCUT2D eigenvalue weighted by molar-refractivity contribution is 5.45. The summed E-state index contributed by atoms with van der Waals surface area (Å²) in [5, 5.41) is 3.63. The van der Waals surface area contributed by atoms with E-state index in [1.54, 1.807) is 14.2 Å². The lowest BCUT2D eigenvalue weighted by Crippen LogP contribution is -2.27. The van der Waals surface area contributed by atoms with E-state index >= 15 is 0 Å². The molecular weight excluding hydrogens is 250 g/mol. The summed E-state index contributed by atoms with van der Waals surface area (Å²) in [4.78, 5) is 0. The average Bonchev–Trinajstić information content (AvgIpc) is 2.42. The summed E-state index contributed by atoms with van der Waals surface area (Å²) >= 11 is 0. The third-order valence-electron chi connectivity index (χ3n) is 3.67. The molecule has 0 amide bonds. The lowest BCUT2D eigenvalue weighted by molar-refractivity contribution is 0.1000. The monoisotopic (exact) mass is 279 g/mol. The van der Waals surface area contributed by atoms with Crippen LogP contribution >= 0.6 is 0 Å². The minimum Gasteiger partial charge on any atom is -0.496 e. The molecule has 1 rings (SSSR count). The maximum Gasteiger partial charge on any atom is 0.124 e. The first-order valence-electron chi connectivity index (χ1n) is 7.44. The number of hydrogen-bond acceptors (Lipinski definition) is 3. The number of methoxy groups -OCH3 is 2. The standard InChI is InChI=1S/C17H29NO2/c1-7-8-18-15(11-14(4)19-5)17-13(3)9-12(2)10-16(17)20-6/h9-10,14-15,18H,7-8,11H2,1-6H3.